The van der Waals surface area contributed by atoms with Crippen molar-refractivity contribution >= 4 is 0 Å². The van der Waals surface area contributed by atoms with Crippen LogP contribution in [-0.4, -0.2) is 52.2 Å². The van der Waals surface area contributed by atoms with E-state index in [2.05, 4.69) is 23.0 Å². The highest BCUT2D eigenvalue weighted by Gasteiger charge is 2.28. The highest BCUT2D eigenvalue weighted by atomic mass is 16.5. The van der Waals surface area contributed by atoms with Gasteiger partial charge in [0.05, 0.1) is 18.3 Å². The van der Waals surface area contributed by atoms with Gasteiger partial charge in [-0.3, -0.25) is 4.90 Å². The van der Waals surface area contributed by atoms with Gasteiger partial charge in [-0.15, -0.1) is 6.42 Å². The minimum atomic E-state index is -0.620. The van der Waals surface area contributed by atoms with Crippen molar-refractivity contribution in [3.63, 3.8) is 0 Å². The van der Waals surface area contributed by atoms with E-state index < -0.39 is 6.10 Å². The first-order valence-corrected chi connectivity index (χ1v) is 11.8. The highest BCUT2D eigenvalue weighted by Crippen LogP contribution is 2.36. The summed E-state index contributed by atoms with van der Waals surface area (Å²) in [4.78, 5) is 2.29. The molecule has 34 heavy (non-hydrogen) atoms. The molecule has 0 bridgehead atoms. The lowest BCUT2D eigenvalue weighted by atomic mass is 10.1. The van der Waals surface area contributed by atoms with E-state index in [1.807, 2.05) is 61.1 Å². The molecule has 0 radical (unpaired) electrons. The van der Waals surface area contributed by atoms with Crippen LogP contribution in [0.25, 0.3) is 11.3 Å². The van der Waals surface area contributed by atoms with Crippen molar-refractivity contribution in [2.75, 3.05) is 26.3 Å². The van der Waals surface area contributed by atoms with E-state index in [1.165, 1.54) is 12.8 Å². The average Bonchev–Trinajstić information content (AvgIpc) is 3.59. The molecule has 1 aromatic heterocycles. The van der Waals surface area contributed by atoms with Gasteiger partial charge >= 0.3 is 0 Å². The van der Waals surface area contributed by atoms with Crippen LogP contribution in [0, 0.1) is 25.2 Å². The van der Waals surface area contributed by atoms with E-state index in [9.17, 15) is 5.11 Å². The third-order valence-electron chi connectivity index (χ3n) is 5.90. The van der Waals surface area contributed by atoms with Gasteiger partial charge in [-0.05, 0) is 43.4 Å². The number of aromatic nitrogens is 2. The molecule has 6 nitrogen and oxygen atoms in total. The number of benzene rings is 2. The Balaban J connectivity index is 1.64. The predicted molar refractivity (Wildman–Crippen MR) is 134 cm³/mol. The molecule has 0 spiro atoms. The monoisotopic (exact) mass is 459 g/mol. The normalized spacial score (nSPS) is 14.2. The predicted octanol–water partition coefficient (Wildman–Crippen LogP) is 4.41. The van der Waals surface area contributed by atoms with Crippen LogP contribution >= 0.6 is 0 Å². The maximum absolute atomic E-state index is 10.6. The van der Waals surface area contributed by atoms with E-state index in [1.54, 1.807) is 0 Å². The van der Waals surface area contributed by atoms with Crippen molar-refractivity contribution < 1.29 is 14.6 Å². The SMILES string of the molecule is C#CCOCC(O)CN(Cc1c(-c2ccccc2)nn(C)c1Oc1cccc(C)c1)CC1CC1. The quantitative estimate of drug-likeness (QED) is 0.321. The number of terminal acetylenes is 1. The maximum Gasteiger partial charge on any atom is 0.222 e. The van der Waals surface area contributed by atoms with Crippen LogP contribution in [-0.2, 0) is 18.3 Å². The van der Waals surface area contributed by atoms with E-state index in [-0.39, 0.29) is 13.2 Å². The molecule has 6 heteroatoms. The van der Waals surface area contributed by atoms with Gasteiger partial charge in [0.15, 0.2) is 0 Å². The van der Waals surface area contributed by atoms with Crippen molar-refractivity contribution in [2.24, 2.45) is 13.0 Å². The standard InChI is InChI=1S/C28H33N3O3/c1-4-15-33-20-24(32)18-31(17-22-13-14-22)19-26-27(23-10-6-5-7-11-23)29-30(3)28(26)34-25-12-8-9-21(2)16-25/h1,5-12,16,22,24,32H,13-15,17-20H2,2-3H3. The summed E-state index contributed by atoms with van der Waals surface area (Å²) in [5.41, 5.74) is 4.07. The minimum Gasteiger partial charge on any atom is -0.439 e. The largest absolute Gasteiger partial charge is 0.439 e. The van der Waals surface area contributed by atoms with Gasteiger partial charge in [-0.1, -0.05) is 48.4 Å². The molecule has 1 atom stereocenters. The Labute approximate surface area is 202 Å². The lowest BCUT2D eigenvalue weighted by Gasteiger charge is -2.25. The third kappa shape index (κ3) is 6.48. The van der Waals surface area contributed by atoms with Crippen molar-refractivity contribution in [3.8, 4) is 35.2 Å². The summed E-state index contributed by atoms with van der Waals surface area (Å²) in [7, 11) is 1.91. The summed E-state index contributed by atoms with van der Waals surface area (Å²) in [5.74, 6) is 4.60. The fourth-order valence-corrected chi connectivity index (χ4v) is 4.14. The molecular weight excluding hydrogens is 426 g/mol. The zero-order valence-corrected chi connectivity index (χ0v) is 20.0. The molecule has 1 aliphatic carbocycles. The molecule has 0 saturated heterocycles. The highest BCUT2D eigenvalue weighted by molar-refractivity contribution is 5.65. The second-order valence-corrected chi connectivity index (χ2v) is 9.05. The average molecular weight is 460 g/mol. The molecule has 178 valence electrons. The minimum absolute atomic E-state index is 0.203. The van der Waals surface area contributed by atoms with Gasteiger partial charge in [0.2, 0.25) is 5.88 Å². The molecule has 0 amide bonds. The van der Waals surface area contributed by atoms with Gasteiger partial charge < -0.3 is 14.6 Å². The van der Waals surface area contributed by atoms with E-state index in [0.717, 1.165) is 34.7 Å². The number of hydrogen-bond acceptors (Lipinski definition) is 5. The topological polar surface area (TPSA) is 59.8 Å². The Hall–Kier alpha value is -3.11. The van der Waals surface area contributed by atoms with Gasteiger partial charge in [-0.25, -0.2) is 4.68 Å². The van der Waals surface area contributed by atoms with Crippen LogP contribution in [0.2, 0.25) is 0 Å². The molecule has 3 aromatic rings. The molecule has 1 aliphatic rings. The summed E-state index contributed by atoms with van der Waals surface area (Å²) in [5, 5.41) is 15.4. The van der Waals surface area contributed by atoms with Gasteiger partial charge in [0.25, 0.3) is 0 Å². The zero-order chi connectivity index (χ0) is 23.9. The van der Waals surface area contributed by atoms with Crippen molar-refractivity contribution in [2.45, 2.75) is 32.4 Å². The molecule has 0 aliphatic heterocycles. The Morgan fingerprint density at radius 1 is 1.21 bits per heavy atom. The Morgan fingerprint density at radius 2 is 2.00 bits per heavy atom. The van der Waals surface area contributed by atoms with Crippen LogP contribution in [0.15, 0.2) is 54.6 Å². The van der Waals surface area contributed by atoms with Crippen molar-refractivity contribution in [1.29, 1.82) is 0 Å². The number of aryl methyl sites for hydroxylation is 2. The first kappa shape index (κ1) is 24.0. The lowest BCUT2D eigenvalue weighted by molar-refractivity contribution is 0.0250. The van der Waals surface area contributed by atoms with Gasteiger partial charge in [-0.2, -0.15) is 5.10 Å². The summed E-state index contributed by atoms with van der Waals surface area (Å²) in [6, 6.07) is 18.2. The number of aliphatic hydroxyl groups excluding tert-OH is 1. The fourth-order valence-electron chi connectivity index (χ4n) is 4.14. The second-order valence-electron chi connectivity index (χ2n) is 9.05. The van der Waals surface area contributed by atoms with Crippen LogP contribution in [0.3, 0.4) is 0 Å². The number of ether oxygens (including phenoxy) is 2. The summed E-state index contributed by atoms with van der Waals surface area (Å²) in [6.45, 7) is 4.49. The van der Waals surface area contributed by atoms with Crippen molar-refractivity contribution in [1.82, 2.24) is 14.7 Å². The number of nitrogens with zero attached hydrogens (tertiary/aromatic N) is 3. The Bertz CT molecular complexity index is 1120. The van der Waals surface area contributed by atoms with Crippen molar-refractivity contribution in [3.05, 3.63) is 65.7 Å². The third-order valence-corrected chi connectivity index (χ3v) is 5.90. The molecule has 2 aromatic carbocycles. The summed E-state index contributed by atoms with van der Waals surface area (Å²) in [6.07, 6.45) is 7.10. The molecule has 1 saturated carbocycles. The first-order chi connectivity index (χ1) is 16.5. The fraction of sp³-hybridized carbons (Fsp3) is 0.393. The van der Waals surface area contributed by atoms with E-state index in [0.29, 0.717) is 24.9 Å². The Kier molecular flexibility index (Phi) is 8.02. The van der Waals surface area contributed by atoms with E-state index in [4.69, 9.17) is 21.0 Å². The number of rotatable bonds is 12. The molecular formula is C28H33N3O3. The van der Waals surface area contributed by atoms with Crippen LogP contribution in [0.5, 0.6) is 11.6 Å². The zero-order valence-electron chi connectivity index (χ0n) is 20.0. The van der Waals surface area contributed by atoms with Crippen LogP contribution < -0.4 is 4.74 Å². The molecule has 1 heterocycles. The Morgan fingerprint density at radius 3 is 2.71 bits per heavy atom. The van der Waals surface area contributed by atoms with Gasteiger partial charge in [0.1, 0.15) is 18.1 Å². The summed E-state index contributed by atoms with van der Waals surface area (Å²) < 4.78 is 13.6. The van der Waals surface area contributed by atoms with Crippen LogP contribution in [0.1, 0.15) is 24.0 Å². The molecule has 1 fully saturated rings. The second kappa shape index (κ2) is 11.3. The van der Waals surface area contributed by atoms with Gasteiger partial charge in [0, 0.05) is 32.2 Å². The maximum atomic E-state index is 10.6. The number of hydrogen-bond donors (Lipinski definition) is 1. The smallest absolute Gasteiger partial charge is 0.222 e. The lowest BCUT2D eigenvalue weighted by Crippen LogP contribution is -2.36. The first-order valence-electron chi connectivity index (χ1n) is 11.8. The molecule has 1 N–H and O–H groups in total. The summed E-state index contributed by atoms with van der Waals surface area (Å²) >= 11 is 0. The molecule has 4 rings (SSSR count). The number of aliphatic hydroxyl groups is 1. The van der Waals surface area contributed by atoms with E-state index >= 15 is 0 Å². The van der Waals surface area contributed by atoms with Crippen LogP contribution in [0.4, 0.5) is 0 Å². The molecule has 1 unspecified atom stereocenters.